The fourth-order valence-corrected chi connectivity index (χ4v) is 2.26. The van der Waals surface area contributed by atoms with E-state index < -0.39 is 11.7 Å². The summed E-state index contributed by atoms with van der Waals surface area (Å²) in [5.41, 5.74) is 1.13. The minimum Gasteiger partial charge on any atom is -0.348 e. The number of rotatable bonds is 5. The second-order valence-corrected chi connectivity index (χ2v) is 5.02. The highest BCUT2D eigenvalue weighted by Gasteiger charge is 2.16. The van der Waals surface area contributed by atoms with Gasteiger partial charge >= 0.3 is 0 Å². The van der Waals surface area contributed by atoms with Gasteiger partial charge in [0.1, 0.15) is 0 Å². The van der Waals surface area contributed by atoms with Crippen LogP contribution in [-0.2, 0) is 6.42 Å². The van der Waals surface area contributed by atoms with Crippen LogP contribution in [0.1, 0.15) is 15.9 Å². The SMILES string of the molecule is O=C(NC(CBr)Cc1ccccc1)c1ccncc1F. The van der Waals surface area contributed by atoms with E-state index in [-0.39, 0.29) is 11.6 Å². The molecule has 0 radical (unpaired) electrons. The number of nitrogens with one attached hydrogen (secondary N) is 1. The van der Waals surface area contributed by atoms with Crippen LogP contribution in [0, 0.1) is 5.82 Å². The summed E-state index contributed by atoms with van der Waals surface area (Å²) in [4.78, 5) is 15.7. The van der Waals surface area contributed by atoms with Gasteiger partial charge in [0.2, 0.25) is 0 Å². The van der Waals surface area contributed by atoms with E-state index in [4.69, 9.17) is 0 Å². The quantitative estimate of drug-likeness (QED) is 0.853. The van der Waals surface area contributed by atoms with Crippen LogP contribution in [0.4, 0.5) is 4.39 Å². The second-order valence-electron chi connectivity index (χ2n) is 4.37. The molecule has 5 heteroatoms. The maximum Gasteiger partial charge on any atom is 0.254 e. The Morgan fingerprint density at radius 1 is 1.30 bits per heavy atom. The van der Waals surface area contributed by atoms with Gasteiger partial charge in [-0.15, -0.1) is 0 Å². The molecule has 2 rings (SSSR count). The van der Waals surface area contributed by atoms with Gasteiger partial charge in [0.25, 0.3) is 5.91 Å². The van der Waals surface area contributed by atoms with Gasteiger partial charge in [-0.2, -0.15) is 0 Å². The lowest BCUT2D eigenvalue weighted by atomic mass is 10.1. The molecule has 1 N–H and O–H groups in total. The number of aromatic nitrogens is 1. The molecule has 1 aromatic carbocycles. The van der Waals surface area contributed by atoms with E-state index in [2.05, 4.69) is 26.2 Å². The molecule has 0 aliphatic rings. The first-order valence-corrected chi connectivity index (χ1v) is 7.33. The number of benzene rings is 1. The van der Waals surface area contributed by atoms with E-state index in [1.807, 2.05) is 30.3 Å². The summed E-state index contributed by atoms with van der Waals surface area (Å²) in [6, 6.07) is 11.1. The van der Waals surface area contributed by atoms with Gasteiger partial charge in [0.05, 0.1) is 11.8 Å². The van der Waals surface area contributed by atoms with Crippen LogP contribution in [0.15, 0.2) is 48.8 Å². The number of alkyl halides is 1. The maximum absolute atomic E-state index is 13.5. The topological polar surface area (TPSA) is 42.0 Å². The molecule has 104 valence electrons. The number of halogens is 2. The first-order chi connectivity index (χ1) is 9.70. The fraction of sp³-hybridized carbons (Fsp3) is 0.200. The molecule has 0 saturated carbocycles. The highest BCUT2D eigenvalue weighted by Crippen LogP contribution is 2.08. The molecule has 0 spiro atoms. The van der Waals surface area contributed by atoms with Crippen molar-refractivity contribution < 1.29 is 9.18 Å². The summed E-state index contributed by atoms with van der Waals surface area (Å²) < 4.78 is 13.5. The minimum absolute atomic E-state index is 0.0130. The molecule has 3 nitrogen and oxygen atoms in total. The third-order valence-electron chi connectivity index (χ3n) is 2.86. The van der Waals surface area contributed by atoms with Crippen molar-refractivity contribution in [2.24, 2.45) is 0 Å². The van der Waals surface area contributed by atoms with E-state index in [0.717, 1.165) is 11.8 Å². The van der Waals surface area contributed by atoms with Crippen LogP contribution in [0.5, 0.6) is 0 Å². The fourth-order valence-electron chi connectivity index (χ4n) is 1.87. The Hall–Kier alpha value is -1.75. The van der Waals surface area contributed by atoms with E-state index in [9.17, 15) is 9.18 Å². The summed E-state index contributed by atoms with van der Waals surface area (Å²) >= 11 is 3.37. The summed E-state index contributed by atoms with van der Waals surface area (Å²) in [6.07, 6.45) is 3.12. The first-order valence-electron chi connectivity index (χ1n) is 6.21. The van der Waals surface area contributed by atoms with Crippen molar-refractivity contribution in [3.8, 4) is 0 Å². The van der Waals surface area contributed by atoms with Gasteiger partial charge in [-0.25, -0.2) is 4.39 Å². The molecular formula is C15H14BrFN2O. The molecule has 1 unspecified atom stereocenters. The van der Waals surface area contributed by atoms with Crippen LogP contribution < -0.4 is 5.32 Å². The summed E-state index contributed by atoms with van der Waals surface area (Å²) in [5, 5.41) is 3.42. The largest absolute Gasteiger partial charge is 0.348 e. The molecule has 1 amide bonds. The highest BCUT2D eigenvalue weighted by molar-refractivity contribution is 9.09. The molecule has 1 heterocycles. The average Bonchev–Trinajstić information content (AvgIpc) is 2.48. The van der Waals surface area contributed by atoms with Crippen LogP contribution in [-0.4, -0.2) is 22.3 Å². The standard InChI is InChI=1S/C15H14BrFN2O/c16-9-12(8-11-4-2-1-3-5-11)19-15(20)13-6-7-18-10-14(13)17/h1-7,10,12H,8-9H2,(H,19,20). The zero-order valence-electron chi connectivity index (χ0n) is 10.7. The van der Waals surface area contributed by atoms with Crippen LogP contribution >= 0.6 is 15.9 Å². The molecule has 0 fully saturated rings. The number of carbonyl (C=O) groups excluding carboxylic acids is 1. The average molecular weight is 337 g/mol. The molecule has 0 aliphatic carbocycles. The zero-order valence-corrected chi connectivity index (χ0v) is 12.3. The van der Waals surface area contributed by atoms with Gasteiger partial charge in [-0.05, 0) is 18.1 Å². The normalized spacial score (nSPS) is 11.9. The zero-order chi connectivity index (χ0) is 14.4. The van der Waals surface area contributed by atoms with Gasteiger partial charge in [-0.3, -0.25) is 9.78 Å². The van der Waals surface area contributed by atoms with Crippen LogP contribution in [0.25, 0.3) is 0 Å². The van der Waals surface area contributed by atoms with Crippen molar-refractivity contribution >= 4 is 21.8 Å². The summed E-state index contributed by atoms with van der Waals surface area (Å²) in [5.74, 6) is -1.04. The van der Waals surface area contributed by atoms with E-state index >= 15 is 0 Å². The number of amides is 1. The van der Waals surface area contributed by atoms with Crippen LogP contribution in [0.2, 0.25) is 0 Å². The molecule has 1 aromatic heterocycles. The smallest absolute Gasteiger partial charge is 0.254 e. The molecular weight excluding hydrogens is 323 g/mol. The Balaban J connectivity index is 2.03. The molecule has 0 aliphatic heterocycles. The van der Waals surface area contributed by atoms with Gasteiger partial charge in [0.15, 0.2) is 5.82 Å². The van der Waals surface area contributed by atoms with E-state index in [1.54, 1.807) is 0 Å². The summed E-state index contributed by atoms with van der Waals surface area (Å²) in [6.45, 7) is 0. The maximum atomic E-state index is 13.5. The lowest BCUT2D eigenvalue weighted by Crippen LogP contribution is -2.38. The number of carbonyl (C=O) groups is 1. The monoisotopic (exact) mass is 336 g/mol. The van der Waals surface area contributed by atoms with Crippen molar-refractivity contribution in [1.29, 1.82) is 0 Å². The van der Waals surface area contributed by atoms with Crippen molar-refractivity contribution in [2.45, 2.75) is 12.5 Å². The number of hydrogen-bond donors (Lipinski definition) is 1. The second kappa shape index (κ2) is 7.14. The van der Waals surface area contributed by atoms with E-state index in [1.165, 1.54) is 12.3 Å². The lowest BCUT2D eigenvalue weighted by molar-refractivity contribution is 0.0937. The first kappa shape index (κ1) is 14.7. The summed E-state index contributed by atoms with van der Waals surface area (Å²) in [7, 11) is 0. The number of hydrogen-bond acceptors (Lipinski definition) is 2. The Labute approximate surface area is 125 Å². The van der Waals surface area contributed by atoms with Crippen molar-refractivity contribution in [2.75, 3.05) is 5.33 Å². The van der Waals surface area contributed by atoms with Crippen molar-refractivity contribution in [1.82, 2.24) is 10.3 Å². The van der Waals surface area contributed by atoms with Crippen molar-refractivity contribution in [3.63, 3.8) is 0 Å². The van der Waals surface area contributed by atoms with Gasteiger partial charge < -0.3 is 5.32 Å². The Bertz CT molecular complexity index is 577. The molecule has 0 saturated heterocycles. The Morgan fingerprint density at radius 2 is 2.05 bits per heavy atom. The van der Waals surface area contributed by atoms with E-state index in [0.29, 0.717) is 11.8 Å². The molecule has 0 bridgehead atoms. The van der Waals surface area contributed by atoms with Crippen molar-refractivity contribution in [3.05, 3.63) is 65.7 Å². The predicted octanol–water partition coefficient (Wildman–Crippen LogP) is 2.96. The lowest BCUT2D eigenvalue weighted by Gasteiger charge is -2.16. The Kier molecular flexibility index (Phi) is 5.24. The molecule has 2 aromatic rings. The Morgan fingerprint density at radius 3 is 2.70 bits per heavy atom. The predicted molar refractivity (Wildman–Crippen MR) is 79.4 cm³/mol. The van der Waals surface area contributed by atoms with Gasteiger partial charge in [0, 0.05) is 17.6 Å². The molecule has 1 atom stereocenters. The van der Waals surface area contributed by atoms with Crippen LogP contribution in [0.3, 0.4) is 0 Å². The number of pyridine rings is 1. The minimum atomic E-state index is -0.613. The number of nitrogens with zero attached hydrogens (tertiary/aromatic N) is 1. The molecule has 20 heavy (non-hydrogen) atoms. The highest BCUT2D eigenvalue weighted by atomic mass is 79.9. The third-order valence-corrected chi connectivity index (χ3v) is 3.65. The van der Waals surface area contributed by atoms with Gasteiger partial charge in [-0.1, -0.05) is 46.3 Å². The third kappa shape index (κ3) is 3.87.